The molecule has 0 unspecified atom stereocenters. The fourth-order valence-electron chi connectivity index (χ4n) is 3.47. The fraction of sp³-hybridized carbons (Fsp3) is 0.111. The van der Waals surface area contributed by atoms with Gasteiger partial charge in [0.2, 0.25) is 5.91 Å². The van der Waals surface area contributed by atoms with Gasteiger partial charge in [-0.05, 0) is 41.0 Å². The molecule has 3 aromatic carbocycles. The lowest BCUT2D eigenvalue weighted by Gasteiger charge is -2.09. The van der Waals surface area contributed by atoms with Crippen molar-refractivity contribution in [1.82, 2.24) is 9.97 Å². The predicted octanol–water partition coefficient (Wildman–Crippen LogP) is 5.47. The summed E-state index contributed by atoms with van der Waals surface area (Å²) in [4.78, 5) is 35.6. The molecule has 35 heavy (non-hydrogen) atoms. The van der Waals surface area contributed by atoms with E-state index in [1.165, 1.54) is 11.8 Å². The molecule has 0 aliphatic heterocycles. The van der Waals surface area contributed by atoms with Crippen molar-refractivity contribution in [3.05, 3.63) is 112 Å². The molecule has 4 aromatic rings. The van der Waals surface area contributed by atoms with E-state index in [9.17, 15) is 9.59 Å². The summed E-state index contributed by atoms with van der Waals surface area (Å²) < 4.78 is 5.26. The first-order valence-electron chi connectivity index (χ1n) is 10.8. The Morgan fingerprint density at radius 2 is 1.83 bits per heavy atom. The summed E-state index contributed by atoms with van der Waals surface area (Å²) in [6.45, 7) is 7.42. The van der Waals surface area contributed by atoms with Gasteiger partial charge in [0, 0.05) is 11.4 Å². The van der Waals surface area contributed by atoms with Gasteiger partial charge < -0.3 is 15.0 Å². The molecule has 0 atom stereocenters. The molecule has 8 heteroatoms. The van der Waals surface area contributed by atoms with Crippen molar-refractivity contribution in [3.8, 4) is 17.0 Å². The van der Waals surface area contributed by atoms with Gasteiger partial charge in [0.1, 0.15) is 5.75 Å². The Labute approximate surface area is 207 Å². The Kier molecular flexibility index (Phi) is 7.60. The standard InChI is InChI=1S/C27H22N4O3S/c1-28-25-24(20-11-7-13-22(16-20)34-2)30-27(31-26(25)33)35-17-19-10-6-12-21(14-19)29-23(32)15-18-8-4-3-5-9-18/h3-14,16H,15,17H2,2H3,(H,29,32)(H,30,31,33). The second-order valence-electron chi connectivity index (χ2n) is 7.61. The van der Waals surface area contributed by atoms with E-state index < -0.39 is 5.56 Å². The second kappa shape index (κ2) is 11.2. The molecule has 0 saturated carbocycles. The van der Waals surface area contributed by atoms with Gasteiger partial charge in [-0.25, -0.2) is 9.83 Å². The zero-order valence-electron chi connectivity index (χ0n) is 18.9. The first-order valence-corrected chi connectivity index (χ1v) is 11.8. The first-order chi connectivity index (χ1) is 17.1. The minimum absolute atomic E-state index is 0.0641. The van der Waals surface area contributed by atoms with Gasteiger partial charge in [-0.3, -0.25) is 9.59 Å². The Morgan fingerprint density at radius 3 is 2.60 bits per heavy atom. The number of carbonyl (C=O) groups is 1. The molecule has 7 nitrogen and oxygen atoms in total. The van der Waals surface area contributed by atoms with E-state index in [-0.39, 0.29) is 11.6 Å². The third kappa shape index (κ3) is 6.16. The van der Waals surface area contributed by atoms with Gasteiger partial charge in [0.15, 0.2) is 5.16 Å². The number of H-pyrrole nitrogens is 1. The van der Waals surface area contributed by atoms with Crippen LogP contribution in [0.1, 0.15) is 11.1 Å². The number of nitrogens with one attached hydrogen (secondary N) is 2. The van der Waals surface area contributed by atoms with Crippen molar-refractivity contribution < 1.29 is 9.53 Å². The summed E-state index contributed by atoms with van der Waals surface area (Å²) in [6.07, 6.45) is 0.297. The largest absolute Gasteiger partial charge is 0.497 e. The quantitative estimate of drug-likeness (QED) is 0.198. The molecular weight excluding hydrogens is 460 g/mol. The number of ether oxygens (including phenoxy) is 1. The highest BCUT2D eigenvalue weighted by molar-refractivity contribution is 7.98. The summed E-state index contributed by atoms with van der Waals surface area (Å²) in [7, 11) is 1.56. The average molecular weight is 483 g/mol. The van der Waals surface area contributed by atoms with Crippen LogP contribution in [-0.4, -0.2) is 23.0 Å². The van der Waals surface area contributed by atoms with Crippen LogP contribution in [-0.2, 0) is 17.0 Å². The molecule has 4 rings (SSSR count). The lowest BCUT2D eigenvalue weighted by atomic mass is 10.1. The van der Waals surface area contributed by atoms with Crippen LogP contribution in [0.4, 0.5) is 11.4 Å². The Hall–Kier alpha value is -4.35. The summed E-state index contributed by atoms with van der Waals surface area (Å²) in [5.41, 5.74) is 2.99. The smallest absolute Gasteiger partial charge is 0.276 e. The van der Waals surface area contributed by atoms with Gasteiger partial charge >= 0.3 is 0 Å². The Bertz CT molecular complexity index is 1440. The number of aromatic nitrogens is 2. The molecule has 2 N–H and O–H groups in total. The average Bonchev–Trinajstić information content (AvgIpc) is 2.88. The number of hydrogen-bond acceptors (Lipinski definition) is 5. The molecule has 1 heterocycles. The summed E-state index contributed by atoms with van der Waals surface area (Å²) in [6, 6.07) is 24.2. The topological polar surface area (TPSA) is 88.4 Å². The van der Waals surface area contributed by atoms with Crippen LogP contribution in [0.25, 0.3) is 16.1 Å². The zero-order chi connectivity index (χ0) is 24.6. The monoisotopic (exact) mass is 482 g/mol. The highest BCUT2D eigenvalue weighted by Crippen LogP contribution is 2.30. The molecule has 0 fully saturated rings. The first kappa shape index (κ1) is 23.8. The van der Waals surface area contributed by atoms with Gasteiger partial charge in [-0.1, -0.05) is 66.4 Å². The van der Waals surface area contributed by atoms with E-state index in [0.29, 0.717) is 40.0 Å². The fourth-order valence-corrected chi connectivity index (χ4v) is 4.27. The van der Waals surface area contributed by atoms with E-state index in [2.05, 4.69) is 20.1 Å². The van der Waals surface area contributed by atoms with Crippen LogP contribution >= 0.6 is 11.8 Å². The van der Waals surface area contributed by atoms with E-state index in [0.717, 1.165) is 11.1 Å². The second-order valence-corrected chi connectivity index (χ2v) is 8.58. The number of carbonyl (C=O) groups excluding carboxylic acids is 1. The summed E-state index contributed by atoms with van der Waals surface area (Å²) in [5.74, 6) is 1.03. The molecule has 0 radical (unpaired) electrons. The van der Waals surface area contributed by atoms with Crippen molar-refractivity contribution in [3.63, 3.8) is 0 Å². The number of aromatic amines is 1. The van der Waals surface area contributed by atoms with Crippen LogP contribution in [0.5, 0.6) is 5.75 Å². The normalized spacial score (nSPS) is 10.4. The number of nitrogens with zero attached hydrogens (tertiary/aromatic N) is 2. The number of amides is 1. The maximum atomic E-state index is 12.6. The van der Waals surface area contributed by atoms with Crippen molar-refractivity contribution in [2.24, 2.45) is 0 Å². The minimum Gasteiger partial charge on any atom is -0.497 e. The zero-order valence-corrected chi connectivity index (χ0v) is 19.8. The van der Waals surface area contributed by atoms with Gasteiger partial charge in [0.05, 0.1) is 25.8 Å². The highest BCUT2D eigenvalue weighted by atomic mass is 32.2. The van der Waals surface area contributed by atoms with Gasteiger partial charge in [0.25, 0.3) is 11.2 Å². The molecule has 1 aromatic heterocycles. The minimum atomic E-state index is -0.489. The number of benzene rings is 3. The van der Waals surface area contributed by atoms with Gasteiger partial charge in [-0.2, -0.15) is 0 Å². The van der Waals surface area contributed by atoms with Gasteiger partial charge in [-0.15, -0.1) is 0 Å². The van der Waals surface area contributed by atoms with E-state index >= 15 is 0 Å². The van der Waals surface area contributed by atoms with Crippen LogP contribution < -0.4 is 15.6 Å². The third-order valence-electron chi connectivity index (χ3n) is 5.12. The van der Waals surface area contributed by atoms with Crippen LogP contribution in [0.15, 0.2) is 88.8 Å². The molecular formula is C27H22N4O3S. The third-order valence-corrected chi connectivity index (χ3v) is 6.07. The Morgan fingerprint density at radius 1 is 1.06 bits per heavy atom. The molecule has 0 aliphatic carbocycles. The van der Waals surface area contributed by atoms with E-state index in [1.807, 2.05) is 54.6 Å². The van der Waals surface area contributed by atoms with Crippen LogP contribution in [0.3, 0.4) is 0 Å². The number of rotatable bonds is 8. The van der Waals surface area contributed by atoms with Crippen molar-refractivity contribution in [2.45, 2.75) is 17.3 Å². The number of anilines is 1. The highest BCUT2D eigenvalue weighted by Gasteiger charge is 2.15. The molecule has 174 valence electrons. The van der Waals surface area contributed by atoms with E-state index in [4.69, 9.17) is 11.3 Å². The van der Waals surface area contributed by atoms with Crippen molar-refractivity contribution in [2.75, 3.05) is 12.4 Å². The molecule has 0 bridgehead atoms. The lowest BCUT2D eigenvalue weighted by molar-refractivity contribution is -0.115. The van der Waals surface area contributed by atoms with Crippen molar-refractivity contribution in [1.29, 1.82) is 0 Å². The lowest BCUT2D eigenvalue weighted by Crippen LogP contribution is -2.14. The Balaban J connectivity index is 1.49. The number of hydrogen-bond donors (Lipinski definition) is 2. The molecule has 1 amide bonds. The molecule has 0 aliphatic rings. The maximum absolute atomic E-state index is 12.6. The van der Waals surface area contributed by atoms with Crippen LogP contribution in [0.2, 0.25) is 0 Å². The van der Waals surface area contributed by atoms with Crippen molar-refractivity contribution >= 4 is 29.0 Å². The number of methoxy groups -OCH3 is 1. The summed E-state index contributed by atoms with van der Waals surface area (Å²) >= 11 is 1.34. The molecule has 0 spiro atoms. The number of thioether (sulfide) groups is 1. The molecule has 0 saturated heterocycles. The predicted molar refractivity (Wildman–Crippen MR) is 138 cm³/mol. The maximum Gasteiger partial charge on any atom is 0.276 e. The summed E-state index contributed by atoms with van der Waals surface area (Å²) in [5, 5.41) is 3.33. The SMILES string of the molecule is [C-]#[N+]c1c(-c2cccc(OC)c2)nc(SCc2cccc(NC(=O)Cc3ccccc3)c2)[nH]c1=O. The van der Waals surface area contributed by atoms with Crippen LogP contribution in [0, 0.1) is 6.57 Å². The van der Waals surface area contributed by atoms with E-state index in [1.54, 1.807) is 31.4 Å².